The number of phenols is 1. The van der Waals surface area contributed by atoms with Crippen LogP contribution >= 0.6 is 0 Å². The van der Waals surface area contributed by atoms with Gasteiger partial charge in [0.2, 0.25) is 0 Å². The van der Waals surface area contributed by atoms with Gasteiger partial charge in [0.05, 0.1) is 11.4 Å². The van der Waals surface area contributed by atoms with Gasteiger partial charge >= 0.3 is 0 Å². The van der Waals surface area contributed by atoms with E-state index in [0.29, 0.717) is 23.0 Å². The molecule has 5 N–H and O–H groups in total. The normalized spacial score (nSPS) is 15.0. The van der Waals surface area contributed by atoms with Crippen LogP contribution in [0.5, 0.6) is 5.75 Å². The van der Waals surface area contributed by atoms with Crippen LogP contribution in [0.1, 0.15) is 18.5 Å². The van der Waals surface area contributed by atoms with E-state index in [1.165, 1.54) is 0 Å². The number of piperidine rings is 1. The Morgan fingerprint density at radius 1 is 1.25 bits per heavy atom. The number of anilines is 1. The lowest BCUT2D eigenvalue weighted by Gasteiger charge is -2.25. The molecule has 1 aliphatic heterocycles. The fourth-order valence-electron chi connectivity index (χ4n) is 2.81. The molecule has 0 saturated carbocycles. The van der Waals surface area contributed by atoms with Crippen molar-refractivity contribution in [1.29, 1.82) is 5.41 Å². The molecule has 1 fully saturated rings. The first-order valence-corrected chi connectivity index (χ1v) is 8.09. The molecule has 0 aliphatic carbocycles. The predicted octanol–water partition coefficient (Wildman–Crippen LogP) is 1.56. The van der Waals surface area contributed by atoms with Crippen LogP contribution in [-0.4, -0.2) is 47.3 Å². The maximum Gasteiger partial charge on any atom is 0.150 e. The third-order valence-electron chi connectivity index (χ3n) is 4.16. The second kappa shape index (κ2) is 7.27. The molecule has 1 aromatic heterocycles. The van der Waals surface area contributed by atoms with Crippen molar-refractivity contribution in [2.75, 3.05) is 25.5 Å². The second-order valence-electron chi connectivity index (χ2n) is 5.80. The molecule has 2 heterocycles. The summed E-state index contributed by atoms with van der Waals surface area (Å²) in [7, 11) is 1.69. The van der Waals surface area contributed by atoms with Gasteiger partial charge in [0.25, 0.3) is 0 Å². The van der Waals surface area contributed by atoms with Crippen molar-refractivity contribution in [2.45, 2.75) is 18.9 Å². The minimum absolute atomic E-state index is 0.163. The van der Waals surface area contributed by atoms with E-state index in [1.54, 1.807) is 25.2 Å². The lowest BCUT2D eigenvalue weighted by atomic mass is 10.1. The van der Waals surface area contributed by atoms with Crippen molar-refractivity contribution in [2.24, 2.45) is 0 Å². The van der Waals surface area contributed by atoms with Crippen LogP contribution < -0.4 is 16.0 Å². The Morgan fingerprint density at radius 3 is 2.71 bits per heavy atom. The van der Waals surface area contributed by atoms with Crippen molar-refractivity contribution in [3.8, 4) is 17.0 Å². The quantitative estimate of drug-likeness (QED) is 0.431. The first-order valence-electron chi connectivity index (χ1n) is 8.09. The van der Waals surface area contributed by atoms with Crippen LogP contribution in [0.25, 0.3) is 11.3 Å². The maximum atomic E-state index is 10.0. The summed E-state index contributed by atoms with van der Waals surface area (Å²) >= 11 is 0. The van der Waals surface area contributed by atoms with Crippen LogP contribution in [0, 0.1) is 5.41 Å². The van der Waals surface area contributed by atoms with Gasteiger partial charge in [-0.05, 0) is 44.1 Å². The molecule has 1 saturated heterocycles. The fourth-order valence-corrected chi connectivity index (χ4v) is 2.81. The van der Waals surface area contributed by atoms with Crippen LogP contribution in [0.4, 0.5) is 5.69 Å². The summed E-state index contributed by atoms with van der Waals surface area (Å²) in [5.41, 5.74) is 2.45. The van der Waals surface area contributed by atoms with Gasteiger partial charge in [-0.2, -0.15) is 0 Å². The SMILES string of the molecule is CNC(=N)c1nnc(-c2ccccc2O)cc1NC1CCNCC1. The molecule has 7 heteroatoms. The molecule has 24 heavy (non-hydrogen) atoms. The number of nitrogens with zero attached hydrogens (tertiary/aromatic N) is 2. The van der Waals surface area contributed by atoms with Gasteiger partial charge in [0, 0.05) is 18.7 Å². The largest absolute Gasteiger partial charge is 0.507 e. The molecule has 1 aliphatic rings. The highest BCUT2D eigenvalue weighted by Crippen LogP contribution is 2.29. The first kappa shape index (κ1) is 16.2. The highest BCUT2D eigenvalue weighted by atomic mass is 16.3. The molecular formula is C17H22N6O. The smallest absolute Gasteiger partial charge is 0.150 e. The Balaban J connectivity index is 1.97. The van der Waals surface area contributed by atoms with E-state index in [2.05, 4.69) is 26.1 Å². The molecule has 2 aromatic rings. The number of aromatic hydroxyl groups is 1. The zero-order valence-electron chi connectivity index (χ0n) is 13.6. The molecule has 3 rings (SSSR count). The van der Waals surface area contributed by atoms with Gasteiger partial charge in [0.1, 0.15) is 11.6 Å². The van der Waals surface area contributed by atoms with Crippen molar-refractivity contribution in [3.05, 3.63) is 36.0 Å². The lowest BCUT2D eigenvalue weighted by molar-refractivity contribution is 0.477. The minimum Gasteiger partial charge on any atom is -0.507 e. The molecule has 0 unspecified atom stereocenters. The number of hydrogen-bond donors (Lipinski definition) is 5. The van der Waals surface area contributed by atoms with Gasteiger partial charge < -0.3 is 21.1 Å². The van der Waals surface area contributed by atoms with E-state index in [9.17, 15) is 5.11 Å². The summed E-state index contributed by atoms with van der Waals surface area (Å²) in [4.78, 5) is 0. The molecule has 126 valence electrons. The number of hydrogen-bond acceptors (Lipinski definition) is 6. The second-order valence-corrected chi connectivity index (χ2v) is 5.80. The highest BCUT2D eigenvalue weighted by molar-refractivity contribution is 5.99. The van der Waals surface area contributed by atoms with Gasteiger partial charge in [-0.25, -0.2) is 0 Å². The Hall–Kier alpha value is -2.67. The number of para-hydroxylation sites is 1. The van der Waals surface area contributed by atoms with Crippen LogP contribution in [-0.2, 0) is 0 Å². The number of aromatic nitrogens is 2. The molecule has 0 atom stereocenters. The average molecular weight is 326 g/mol. The predicted molar refractivity (Wildman–Crippen MR) is 94.5 cm³/mol. The lowest BCUT2D eigenvalue weighted by Crippen LogP contribution is -2.36. The Bertz CT molecular complexity index is 727. The Labute approximate surface area is 141 Å². The molecular weight excluding hydrogens is 304 g/mol. The number of benzene rings is 1. The van der Waals surface area contributed by atoms with Gasteiger partial charge in [-0.1, -0.05) is 12.1 Å². The first-order chi connectivity index (χ1) is 11.7. The molecule has 0 radical (unpaired) electrons. The Morgan fingerprint density at radius 2 is 2.00 bits per heavy atom. The molecule has 0 amide bonds. The van der Waals surface area contributed by atoms with E-state index in [0.717, 1.165) is 31.6 Å². The summed E-state index contributed by atoms with van der Waals surface area (Å²) in [5, 5.41) is 36.1. The van der Waals surface area contributed by atoms with E-state index < -0.39 is 0 Å². The van der Waals surface area contributed by atoms with Gasteiger partial charge in [0.15, 0.2) is 5.69 Å². The maximum absolute atomic E-state index is 10.0. The summed E-state index contributed by atoms with van der Waals surface area (Å²) < 4.78 is 0. The number of nitrogens with one attached hydrogen (secondary N) is 4. The van der Waals surface area contributed by atoms with Crippen molar-refractivity contribution in [1.82, 2.24) is 20.8 Å². The van der Waals surface area contributed by atoms with E-state index in [4.69, 9.17) is 5.41 Å². The third-order valence-corrected chi connectivity index (χ3v) is 4.16. The van der Waals surface area contributed by atoms with Gasteiger partial charge in [-0.15, -0.1) is 10.2 Å². The monoisotopic (exact) mass is 326 g/mol. The van der Waals surface area contributed by atoms with Crippen LogP contribution in [0.3, 0.4) is 0 Å². The number of rotatable bonds is 4. The topological polar surface area (TPSA) is 106 Å². The van der Waals surface area contributed by atoms with Crippen LogP contribution in [0.2, 0.25) is 0 Å². The number of amidine groups is 1. The summed E-state index contributed by atoms with van der Waals surface area (Å²) in [5.74, 6) is 0.374. The van der Waals surface area contributed by atoms with Gasteiger partial charge in [-0.3, -0.25) is 5.41 Å². The highest BCUT2D eigenvalue weighted by Gasteiger charge is 2.18. The average Bonchev–Trinajstić information content (AvgIpc) is 2.62. The minimum atomic E-state index is 0.163. The number of phenolic OH excluding ortho intramolecular Hbond substituents is 1. The molecule has 1 aromatic carbocycles. The van der Waals surface area contributed by atoms with E-state index in [1.807, 2.05) is 12.1 Å². The molecule has 0 spiro atoms. The molecule has 0 bridgehead atoms. The fraction of sp³-hybridized carbons (Fsp3) is 0.353. The summed E-state index contributed by atoms with van der Waals surface area (Å²) in [6, 6.07) is 9.23. The standard InChI is InChI=1S/C17H22N6O/c1-19-17(18)16-14(21-11-6-8-20-9-7-11)10-13(22-23-16)12-4-2-3-5-15(12)24/h2-5,10-11,20,24H,6-9H2,1H3,(H2,18,19)(H,21,22). The Kier molecular flexibility index (Phi) is 4.90. The zero-order valence-corrected chi connectivity index (χ0v) is 13.6. The van der Waals surface area contributed by atoms with Crippen molar-refractivity contribution >= 4 is 11.5 Å². The third kappa shape index (κ3) is 3.46. The van der Waals surface area contributed by atoms with E-state index in [-0.39, 0.29) is 11.6 Å². The summed E-state index contributed by atoms with van der Waals surface area (Å²) in [6.45, 7) is 1.95. The van der Waals surface area contributed by atoms with E-state index >= 15 is 0 Å². The summed E-state index contributed by atoms with van der Waals surface area (Å²) in [6.07, 6.45) is 2.03. The van der Waals surface area contributed by atoms with Crippen molar-refractivity contribution in [3.63, 3.8) is 0 Å². The molecule has 7 nitrogen and oxygen atoms in total. The van der Waals surface area contributed by atoms with Crippen molar-refractivity contribution < 1.29 is 5.11 Å². The van der Waals surface area contributed by atoms with Crippen LogP contribution in [0.15, 0.2) is 30.3 Å². The zero-order chi connectivity index (χ0) is 16.9.